The highest BCUT2D eigenvalue weighted by atomic mass is 32.2. The van der Waals surface area contributed by atoms with E-state index in [1.165, 1.54) is 0 Å². The van der Waals surface area contributed by atoms with E-state index < -0.39 is 10.0 Å². The zero-order valence-corrected chi connectivity index (χ0v) is 11.2. The molecule has 0 aliphatic rings. The third kappa shape index (κ3) is 4.11. The number of nitrogens with one attached hydrogen (secondary N) is 2. The normalized spacial score (nSPS) is 11.6. The number of rotatable bonds is 7. The van der Waals surface area contributed by atoms with Gasteiger partial charge >= 0.3 is 0 Å². The van der Waals surface area contributed by atoms with E-state index >= 15 is 0 Å². The van der Waals surface area contributed by atoms with Gasteiger partial charge in [-0.15, -0.1) is 0 Å². The van der Waals surface area contributed by atoms with Gasteiger partial charge in [0, 0.05) is 13.1 Å². The van der Waals surface area contributed by atoms with Gasteiger partial charge in [0.15, 0.2) is 0 Å². The predicted molar refractivity (Wildman–Crippen MR) is 69.6 cm³/mol. The quantitative estimate of drug-likeness (QED) is 0.719. The third-order valence-electron chi connectivity index (χ3n) is 2.49. The van der Waals surface area contributed by atoms with Crippen LogP contribution in [0.4, 0.5) is 0 Å². The average molecular weight is 256 g/mol. The number of hydrogen-bond acceptors (Lipinski definition) is 3. The highest BCUT2D eigenvalue weighted by molar-refractivity contribution is 7.89. The van der Waals surface area contributed by atoms with Gasteiger partial charge in [0.2, 0.25) is 10.0 Å². The number of benzene rings is 1. The minimum Gasteiger partial charge on any atom is -0.316 e. The third-order valence-corrected chi connectivity index (χ3v) is 4.05. The zero-order valence-electron chi connectivity index (χ0n) is 10.4. The molecule has 0 spiro atoms. The maximum atomic E-state index is 12.0. The summed E-state index contributed by atoms with van der Waals surface area (Å²) in [5, 5.41) is 3.07. The molecule has 2 N–H and O–H groups in total. The summed E-state index contributed by atoms with van der Waals surface area (Å²) in [6.45, 7) is 5.83. The van der Waals surface area contributed by atoms with Gasteiger partial charge in [-0.25, -0.2) is 13.1 Å². The molecule has 0 unspecified atom stereocenters. The van der Waals surface area contributed by atoms with Crippen LogP contribution in [0.3, 0.4) is 0 Å². The SMILES string of the molecule is CCNCCNS(=O)(=O)c1ccccc1CC. The number of likely N-dealkylation sites (N-methyl/N-ethyl adjacent to an activating group) is 1. The van der Waals surface area contributed by atoms with Crippen LogP contribution in [0.15, 0.2) is 29.2 Å². The van der Waals surface area contributed by atoms with E-state index in [2.05, 4.69) is 10.0 Å². The van der Waals surface area contributed by atoms with Crippen molar-refractivity contribution in [2.45, 2.75) is 25.2 Å². The van der Waals surface area contributed by atoms with Gasteiger partial charge in [-0.05, 0) is 24.6 Å². The molecule has 0 amide bonds. The van der Waals surface area contributed by atoms with E-state index in [0.29, 0.717) is 24.4 Å². The topological polar surface area (TPSA) is 58.2 Å². The molecular weight excluding hydrogens is 236 g/mol. The monoisotopic (exact) mass is 256 g/mol. The lowest BCUT2D eigenvalue weighted by Crippen LogP contribution is -2.32. The fraction of sp³-hybridized carbons (Fsp3) is 0.500. The Morgan fingerprint density at radius 3 is 2.47 bits per heavy atom. The summed E-state index contributed by atoms with van der Waals surface area (Å²) in [5.74, 6) is 0. The second kappa shape index (κ2) is 6.74. The van der Waals surface area contributed by atoms with Crippen molar-refractivity contribution in [1.82, 2.24) is 10.0 Å². The molecule has 0 atom stereocenters. The molecule has 0 aliphatic heterocycles. The largest absolute Gasteiger partial charge is 0.316 e. The van der Waals surface area contributed by atoms with E-state index in [-0.39, 0.29) is 0 Å². The Labute approximate surface area is 103 Å². The van der Waals surface area contributed by atoms with Gasteiger partial charge in [0.1, 0.15) is 0 Å². The Morgan fingerprint density at radius 1 is 1.12 bits per heavy atom. The second-order valence-electron chi connectivity index (χ2n) is 3.71. The van der Waals surface area contributed by atoms with Gasteiger partial charge in [-0.1, -0.05) is 32.0 Å². The van der Waals surface area contributed by atoms with Gasteiger partial charge in [0.25, 0.3) is 0 Å². The Balaban J connectivity index is 2.75. The maximum Gasteiger partial charge on any atom is 0.240 e. The fourth-order valence-electron chi connectivity index (χ4n) is 1.59. The fourth-order valence-corrected chi connectivity index (χ4v) is 2.93. The summed E-state index contributed by atoms with van der Waals surface area (Å²) in [6.07, 6.45) is 0.713. The Morgan fingerprint density at radius 2 is 1.82 bits per heavy atom. The van der Waals surface area contributed by atoms with Crippen LogP contribution in [-0.4, -0.2) is 28.1 Å². The first-order chi connectivity index (χ1) is 8.11. The molecule has 0 fully saturated rings. The first kappa shape index (κ1) is 14.2. The Kier molecular flexibility index (Phi) is 5.61. The van der Waals surface area contributed by atoms with Crippen LogP contribution in [0, 0.1) is 0 Å². The van der Waals surface area contributed by atoms with Gasteiger partial charge in [-0.2, -0.15) is 0 Å². The molecule has 96 valence electrons. The van der Waals surface area contributed by atoms with E-state index in [1.807, 2.05) is 26.0 Å². The Bertz CT molecular complexity index is 444. The van der Waals surface area contributed by atoms with Crippen molar-refractivity contribution in [2.75, 3.05) is 19.6 Å². The standard InChI is InChI=1S/C12H20N2O2S/c1-3-11-7-5-6-8-12(11)17(15,16)14-10-9-13-4-2/h5-8,13-14H,3-4,9-10H2,1-2H3. The van der Waals surface area contributed by atoms with E-state index in [4.69, 9.17) is 0 Å². The minimum absolute atomic E-state index is 0.388. The molecule has 5 heteroatoms. The molecule has 0 heterocycles. The first-order valence-electron chi connectivity index (χ1n) is 5.90. The summed E-state index contributed by atoms with van der Waals surface area (Å²) in [5.41, 5.74) is 0.850. The molecule has 4 nitrogen and oxygen atoms in total. The van der Waals surface area contributed by atoms with Gasteiger partial charge in [0.05, 0.1) is 4.90 Å². The van der Waals surface area contributed by atoms with Crippen molar-refractivity contribution in [1.29, 1.82) is 0 Å². The van der Waals surface area contributed by atoms with Crippen molar-refractivity contribution in [3.63, 3.8) is 0 Å². The molecule has 0 bridgehead atoms. The highest BCUT2D eigenvalue weighted by Gasteiger charge is 2.16. The Hall–Kier alpha value is -0.910. The van der Waals surface area contributed by atoms with Crippen molar-refractivity contribution in [2.24, 2.45) is 0 Å². The second-order valence-corrected chi connectivity index (χ2v) is 5.45. The smallest absolute Gasteiger partial charge is 0.240 e. The van der Waals surface area contributed by atoms with Crippen LogP contribution in [0.1, 0.15) is 19.4 Å². The van der Waals surface area contributed by atoms with Crippen LogP contribution in [0.2, 0.25) is 0 Å². The van der Waals surface area contributed by atoms with E-state index in [1.54, 1.807) is 12.1 Å². The molecule has 1 aromatic rings. The molecule has 0 saturated carbocycles. The molecule has 0 saturated heterocycles. The average Bonchev–Trinajstić information content (AvgIpc) is 2.34. The molecule has 1 aromatic carbocycles. The van der Waals surface area contributed by atoms with Crippen molar-refractivity contribution < 1.29 is 8.42 Å². The summed E-state index contributed by atoms with van der Waals surface area (Å²) in [6, 6.07) is 7.10. The van der Waals surface area contributed by atoms with Crippen LogP contribution < -0.4 is 10.0 Å². The van der Waals surface area contributed by atoms with Crippen molar-refractivity contribution in [3.05, 3.63) is 29.8 Å². The van der Waals surface area contributed by atoms with Gasteiger partial charge < -0.3 is 5.32 Å². The number of hydrogen-bond donors (Lipinski definition) is 2. The predicted octanol–water partition coefficient (Wildman–Crippen LogP) is 1.14. The lowest BCUT2D eigenvalue weighted by molar-refractivity contribution is 0.576. The highest BCUT2D eigenvalue weighted by Crippen LogP contribution is 2.15. The van der Waals surface area contributed by atoms with E-state index in [0.717, 1.165) is 12.1 Å². The number of aryl methyl sites for hydroxylation is 1. The summed E-state index contributed by atoms with van der Waals surface area (Å²) >= 11 is 0. The molecule has 17 heavy (non-hydrogen) atoms. The summed E-state index contributed by atoms with van der Waals surface area (Å²) in [4.78, 5) is 0.388. The van der Waals surface area contributed by atoms with Crippen molar-refractivity contribution >= 4 is 10.0 Å². The minimum atomic E-state index is -3.37. The molecule has 1 rings (SSSR count). The van der Waals surface area contributed by atoms with Crippen LogP contribution in [0.25, 0.3) is 0 Å². The lowest BCUT2D eigenvalue weighted by atomic mass is 10.2. The maximum absolute atomic E-state index is 12.0. The summed E-state index contributed by atoms with van der Waals surface area (Å²) < 4.78 is 26.7. The van der Waals surface area contributed by atoms with Gasteiger partial charge in [-0.3, -0.25) is 0 Å². The molecule has 0 radical (unpaired) electrons. The van der Waals surface area contributed by atoms with Crippen LogP contribution in [-0.2, 0) is 16.4 Å². The molecular formula is C12H20N2O2S. The van der Waals surface area contributed by atoms with E-state index in [9.17, 15) is 8.42 Å². The molecule has 0 aromatic heterocycles. The van der Waals surface area contributed by atoms with Crippen LogP contribution in [0.5, 0.6) is 0 Å². The molecule has 0 aliphatic carbocycles. The number of sulfonamides is 1. The lowest BCUT2D eigenvalue weighted by Gasteiger charge is -2.10. The zero-order chi connectivity index (χ0) is 12.7. The first-order valence-corrected chi connectivity index (χ1v) is 7.38. The van der Waals surface area contributed by atoms with Crippen LogP contribution >= 0.6 is 0 Å². The summed E-state index contributed by atoms with van der Waals surface area (Å²) in [7, 11) is -3.37. The van der Waals surface area contributed by atoms with Crippen molar-refractivity contribution in [3.8, 4) is 0 Å².